The largest absolute Gasteiger partial charge is 0.353 e. The van der Waals surface area contributed by atoms with Crippen molar-refractivity contribution in [3.63, 3.8) is 0 Å². The lowest BCUT2D eigenvalue weighted by atomic mass is 9.78. The molecule has 0 unspecified atom stereocenters. The number of anilines is 1. The topological polar surface area (TPSA) is 121 Å². The Morgan fingerprint density at radius 1 is 1.29 bits per heavy atom. The Morgan fingerprint density at radius 3 is 2.82 bits per heavy atom. The molecule has 1 saturated heterocycles. The lowest BCUT2D eigenvalue weighted by Crippen LogP contribution is -2.52. The normalized spacial score (nSPS) is 23.7. The monoisotopic (exact) mass is 400 g/mol. The molecule has 146 valence electrons. The Balaban J connectivity index is 1.75. The first-order valence-electron chi connectivity index (χ1n) is 8.99. The van der Waals surface area contributed by atoms with Crippen LogP contribution >= 0.6 is 0 Å². The highest BCUT2D eigenvalue weighted by molar-refractivity contribution is 7.88. The summed E-state index contributed by atoms with van der Waals surface area (Å²) in [6, 6.07) is 6.93. The minimum Gasteiger partial charge on any atom is -0.353 e. The maximum Gasteiger partial charge on any atom is 0.251 e. The maximum atomic E-state index is 12.6. The van der Waals surface area contributed by atoms with Crippen LogP contribution in [0.5, 0.6) is 0 Å². The zero-order valence-corrected chi connectivity index (χ0v) is 16.1. The van der Waals surface area contributed by atoms with Crippen LogP contribution in [-0.2, 0) is 10.0 Å². The average Bonchev–Trinajstić information content (AvgIpc) is 2.67. The van der Waals surface area contributed by atoms with E-state index in [4.69, 9.17) is 0 Å². The van der Waals surface area contributed by atoms with E-state index in [9.17, 15) is 18.5 Å². The molecular weight excluding hydrogens is 380 g/mol. The van der Waals surface area contributed by atoms with Crippen LogP contribution in [0.4, 0.5) is 5.82 Å². The number of sulfonamides is 1. The van der Waals surface area contributed by atoms with E-state index in [1.807, 2.05) is 11.0 Å². The van der Waals surface area contributed by atoms with E-state index in [-0.39, 0.29) is 35.7 Å². The molecule has 1 fully saturated rings. The van der Waals surface area contributed by atoms with Crippen LogP contribution in [0.15, 0.2) is 35.4 Å². The van der Waals surface area contributed by atoms with Gasteiger partial charge in [0.1, 0.15) is 6.07 Å². The lowest BCUT2D eigenvalue weighted by Gasteiger charge is -2.47. The molecule has 2 aliphatic rings. The van der Waals surface area contributed by atoms with E-state index < -0.39 is 10.0 Å². The van der Waals surface area contributed by atoms with Gasteiger partial charge < -0.3 is 9.47 Å². The summed E-state index contributed by atoms with van der Waals surface area (Å²) in [6.45, 7) is 1.34. The third kappa shape index (κ3) is 3.39. The van der Waals surface area contributed by atoms with E-state index in [0.29, 0.717) is 18.9 Å². The molecule has 2 aromatic rings. The van der Waals surface area contributed by atoms with Crippen LogP contribution in [0.3, 0.4) is 0 Å². The fourth-order valence-corrected chi connectivity index (χ4v) is 4.83. The smallest absolute Gasteiger partial charge is 0.251 e. The van der Waals surface area contributed by atoms with Gasteiger partial charge in [-0.25, -0.2) is 23.1 Å². The predicted molar refractivity (Wildman–Crippen MR) is 102 cm³/mol. The summed E-state index contributed by atoms with van der Waals surface area (Å²) in [5, 5.41) is 9.37. The van der Waals surface area contributed by atoms with Gasteiger partial charge in [-0.05, 0) is 18.4 Å². The van der Waals surface area contributed by atoms with E-state index in [0.717, 1.165) is 18.4 Å². The molecule has 28 heavy (non-hydrogen) atoms. The summed E-state index contributed by atoms with van der Waals surface area (Å²) in [5.74, 6) is 0.658. The van der Waals surface area contributed by atoms with Gasteiger partial charge in [0, 0.05) is 49.7 Å². The van der Waals surface area contributed by atoms with Crippen molar-refractivity contribution in [2.75, 3.05) is 30.8 Å². The van der Waals surface area contributed by atoms with Crippen molar-refractivity contribution < 1.29 is 8.42 Å². The molecule has 1 N–H and O–H groups in total. The van der Waals surface area contributed by atoms with Gasteiger partial charge in [0.15, 0.2) is 11.5 Å². The molecule has 2 bridgehead atoms. The van der Waals surface area contributed by atoms with Crippen LogP contribution in [0.25, 0.3) is 0 Å². The number of nitrogens with zero attached hydrogens (tertiary/aromatic N) is 5. The van der Waals surface area contributed by atoms with Gasteiger partial charge in [0.05, 0.1) is 12.3 Å². The predicted octanol–water partition coefficient (Wildman–Crippen LogP) is 0.224. The number of nitriles is 1. The van der Waals surface area contributed by atoms with Crippen molar-refractivity contribution in [2.24, 2.45) is 5.92 Å². The third-order valence-electron chi connectivity index (χ3n) is 5.44. The zero-order valence-electron chi connectivity index (χ0n) is 15.3. The van der Waals surface area contributed by atoms with Crippen molar-refractivity contribution in [2.45, 2.75) is 18.4 Å². The molecular formula is C18H20N6O3S. The molecule has 4 heterocycles. The first-order chi connectivity index (χ1) is 13.4. The van der Waals surface area contributed by atoms with Crippen LogP contribution in [-0.4, -0.2) is 48.8 Å². The van der Waals surface area contributed by atoms with E-state index in [1.54, 1.807) is 16.8 Å². The van der Waals surface area contributed by atoms with Gasteiger partial charge in [-0.15, -0.1) is 0 Å². The van der Waals surface area contributed by atoms with Crippen molar-refractivity contribution in [3.8, 4) is 6.07 Å². The molecule has 0 saturated carbocycles. The number of hydrogen-bond donors (Lipinski definition) is 1. The summed E-state index contributed by atoms with van der Waals surface area (Å²) < 4.78 is 27.6. The third-order valence-corrected chi connectivity index (χ3v) is 6.13. The summed E-state index contributed by atoms with van der Waals surface area (Å²) in [7, 11) is -3.39. The van der Waals surface area contributed by atoms with Gasteiger partial charge in [-0.1, -0.05) is 6.07 Å². The second-order valence-electron chi connectivity index (χ2n) is 7.28. The number of pyridine rings is 1. The Kier molecular flexibility index (Phi) is 4.64. The number of piperidine rings is 1. The number of fused-ring (bicyclic) bond motifs is 4. The highest BCUT2D eigenvalue weighted by Gasteiger charge is 2.41. The minimum absolute atomic E-state index is 0.0362. The zero-order chi connectivity index (χ0) is 19.9. The van der Waals surface area contributed by atoms with Crippen molar-refractivity contribution in [1.82, 2.24) is 19.3 Å². The van der Waals surface area contributed by atoms with Gasteiger partial charge >= 0.3 is 0 Å². The average molecular weight is 400 g/mol. The first kappa shape index (κ1) is 18.6. The molecule has 0 aliphatic carbocycles. The van der Waals surface area contributed by atoms with Gasteiger partial charge in [-0.3, -0.25) is 4.79 Å². The molecule has 0 radical (unpaired) electrons. The Labute approximate surface area is 162 Å². The van der Waals surface area contributed by atoms with Crippen LogP contribution in [0.2, 0.25) is 0 Å². The quantitative estimate of drug-likeness (QED) is 0.779. The molecule has 4 rings (SSSR count). The molecule has 2 aromatic heterocycles. The molecule has 10 heteroatoms. The second-order valence-corrected chi connectivity index (χ2v) is 9.12. The highest BCUT2D eigenvalue weighted by Crippen LogP contribution is 2.42. The standard InChI is InChI=1S/C18H20N6O3S/c1-28(26,27)22-9-16-13-7-12(15-3-2-4-17(25)24(15)16)10-23(11-13)18-14(8-19)20-5-6-21-18/h2-6,12-13,16,22H,7,9-11H2,1H3/t12-,13+,16+/m1/s1. The van der Waals surface area contributed by atoms with Crippen LogP contribution in [0, 0.1) is 17.2 Å². The highest BCUT2D eigenvalue weighted by atomic mass is 32.2. The van der Waals surface area contributed by atoms with Crippen LogP contribution < -0.4 is 15.2 Å². The number of rotatable bonds is 4. The molecule has 0 spiro atoms. The number of nitrogens with one attached hydrogen (secondary N) is 1. The summed E-state index contributed by atoms with van der Waals surface area (Å²) in [5.41, 5.74) is 1.02. The van der Waals surface area contributed by atoms with Crippen LogP contribution in [0.1, 0.15) is 29.8 Å². The number of hydrogen-bond acceptors (Lipinski definition) is 7. The summed E-state index contributed by atoms with van der Waals surface area (Å²) in [6.07, 6.45) is 5.00. The van der Waals surface area contributed by atoms with Gasteiger partial charge in [-0.2, -0.15) is 5.26 Å². The van der Waals surface area contributed by atoms with Gasteiger partial charge in [0.25, 0.3) is 5.56 Å². The summed E-state index contributed by atoms with van der Waals surface area (Å²) in [4.78, 5) is 23.1. The summed E-state index contributed by atoms with van der Waals surface area (Å²) >= 11 is 0. The fourth-order valence-electron chi connectivity index (χ4n) is 4.36. The SMILES string of the molecule is CS(=O)(=O)NC[C@H]1[C@H]2C[C@H](CN(c3nccnc3C#N)C2)c2cccc(=O)n21. The Morgan fingerprint density at radius 2 is 2.07 bits per heavy atom. The van der Waals surface area contributed by atoms with E-state index in [2.05, 4.69) is 20.8 Å². The lowest BCUT2D eigenvalue weighted by molar-refractivity contribution is 0.213. The molecule has 9 nitrogen and oxygen atoms in total. The molecule has 3 atom stereocenters. The van der Waals surface area contributed by atoms with Crippen molar-refractivity contribution in [3.05, 3.63) is 52.3 Å². The molecule has 0 aromatic carbocycles. The second kappa shape index (κ2) is 7.00. The maximum absolute atomic E-state index is 12.6. The minimum atomic E-state index is -3.39. The number of aromatic nitrogens is 3. The fraction of sp³-hybridized carbons (Fsp3) is 0.444. The Hall–Kier alpha value is -2.77. The van der Waals surface area contributed by atoms with E-state index >= 15 is 0 Å². The van der Waals surface area contributed by atoms with Crippen molar-refractivity contribution >= 4 is 15.8 Å². The van der Waals surface area contributed by atoms with E-state index in [1.165, 1.54) is 12.3 Å². The first-order valence-corrected chi connectivity index (χ1v) is 10.9. The van der Waals surface area contributed by atoms with Gasteiger partial charge in [0.2, 0.25) is 10.0 Å². The molecule has 0 amide bonds. The Bertz CT molecular complexity index is 1110. The molecule has 2 aliphatic heterocycles. The van der Waals surface area contributed by atoms with Crippen molar-refractivity contribution in [1.29, 1.82) is 5.26 Å².